The molecule has 0 aliphatic heterocycles. The van der Waals surface area contributed by atoms with Crippen LogP contribution in [0.15, 0.2) is 54.9 Å². The molecule has 78 valence electrons. The fraction of sp³-hybridized carbons (Fsp3) is 0. The molecule has 0 atom stereocenters. The highest BCUT2D eigenvalue weighted by Crippen LogP contribution is 2.21. The Morgan fingerprint density at radius 1 is 1.06 bits per heavy atom. The van der Waals surface area contributed by atoms with Gasteiger partial charge in [0.25, 0.3) is 0 Å². The van der Waals surface area contributed by atoms with E-state index in [1.54, 1.807) is 6.20 Å². The van der Waals surface area contributed by atoms with Crippen LogP contribution in [-0.2, 0) is 0 Å². The van der Waals surface area contributed by atoms with Crippen LogP contribution < -0.4 is 5.73 Å². The molecule has 0 unspecified atom stereocenters. The van der Waals surface area contributed by atoms with Gasteiger partial charge in [-0.2, -0.15) is 0 Å². The van der Waals surface area contributed by atoms with Crippen LogP contribution in [-0.4, -0.2) is 9.55 Å². The summed E-state index contributed by atoms with van der Waals surface area (Å²) in [5.74, 6) is 0.919. The molecule has 3 aromatic rings. The minimum absolute atomic E-state index is 0.784. The molecule has 0 saturated heterocycles. The molecular formula is C13H11N3. The zero-order valence-electron chi connectivity index (χ0n) is 8.67. The molecule has 2 aromatic heterocycles. The minimum Gasteiger partial charge on any atom is -0.399 e. The second-order valence-electron chi connectivity index (χ2n) is 3.69. The summed E-state index contributed by atoms with van der Waals surface area (Å²) in [7, 11) is 0. The molecule has 2 N–H and O–H groups in total. The summed E-state index contributed by atoms with van der Waals surface area (Å²) >= 11 is 0. The lowest BCUT2D eigenvalue weighted by molar-refractivity contribution is 1.04. The highest BCUT2D eigenvalue weighted by atomic mass is 15.0. The lowest BCUT2D eigenvalue weighted by atomic mass is 10.2. The number of nitrogens with zero attached hydrogens (tertiary/aromatic N) is 2. The van der Waals surface area contributed by atoms with Crippen LogP contribution in [0.25, 0.3) is 16.7 Å². The molecule has 0 aliphatic rings. The highest BCUT2D eigenvalue weighted by Gasteiger charge is 2.03. The average molecular weight is 209 g/mol. The van der Waals surface area contributed by atoms with Crippen molar-refractivity contribution in [3.05, 3.63) is 54.9 Å². The number of aromatic nitrogens is 2. The Hall–Kier alpha value is -2.29. The number of benzene rings is 1. The summed E-state index contributed by atoms with van der Waals surface area (Å²) in [5, 5.41) is 1.13. The Morgan fingerprint density at radius 3 is 2.81 bits per heavy atom. The van der Waals surface area contributed by atoms with E-state index in [1.165, 1.54) is 0 Å². The molecule has 16 heavy (non-hydrogen) atoms. The van der Waals surface area contributed by atoms with Gasteiger partial charge in [-0.1, -0.05) is 6.07 Å². The first-order valence-electron chi connectivity index (χ1n) is 5.12. The van der Waals surface area contributed by atoms with Crippen molar-refractivity contribution in [2.75, 3.05) is 5.73 Å². The van der Waals surface area contributed by atoms with Gasteiger partial charge in [-0.3, -0.25) is 0 Å². The molecule has 3 nitrogen and oxygen atoms in total. The van der Waals surface area contributed by atoms with E-state index in [2.05, 4.69) is 9.55 Å². The van der Waals surface area contributed by atoms with Gasteiger partial charge in [0, 0.05) is 23.5 Å². The molecule has 0 bridgehead atoms. The van der Waals surface area contributed by atoms with E-state index in [9.17, 15) is 0 Å². The Kier molecular flexibility index (Phi) is 1.90. The number of rotatable bonds is 1. The zero-order chi connectivity index (χ0) is 11.0. The molecule has 2 heterocycles. The molecule has 0 aliphatic carbocycles. The van der Waals surface area contributed by atoms with Crippen LogP contribution in [0.5, 0.6) is 0 Å². The standard InChI is InChI=1S/C13H11N3/c14-11-4-5-12-10(9-11)6-8-16(12)13-3-1-2-7-15-13/h1-9H,14H2. The van der Waals surface area contributed by atoms with E-state index in [0.717, 1.165) is 22.4 Å². The van der Waals surface area contributed by atoms with Crippen LogP contribution in [0.3, 0.4) is 0 Å². The van der Waals surface area contributed by atoms with E-state index >= 15 is 0 Å². The van der Waals surface area contributed by atoms with E-state index < -0.39 is 0 Å². The molecular weight excluding hydrogens is 198 g/mol. The maximum absolute atomic E-state index is 5.75. The van der Waals surface area contributed by atoms with Gasteiger partial charge in [-0.25, -0.2) is 4.98 Å². The van der Waals surface area contributed by atoms with Gasteiger partial charge in [0.15, 0.2) is 0 Å². The second kappa shape index (κ2) is 3.38. The first-order chi connectivity index (χ1) is 7.84. The minimum atomic E-state index is 0.784. The summed E-state index contributed by atoms with van der Waals surface area (Å²) < 4.78 is 2.05. The van der Waals surface area contributed by atoms with Gasteiger partial charge in [0.2, 0.25) is 0 Å². The number of nitrogens with two attached hydrogens (primary N) is 1. The summed E-state index contributed by atoms with van der Waals surface area (Å²) in [6, 6.07) is 13.8. The van der Waals surface area contributed by atoms with Gasteiger partial charge in [0.05, 0.1) is 5.52 Å². The van der Waals surface area contributed by atoms with E-state index in [1.807, 2.05) is 48.7 Å². The number of hydrogen-bond donors (Lipinski definition) is 1. The third-order valence-corrected chi connectivity index (χ3v) is 2.61. The zero-order valence-corrected chi connectivity index (χ0v) is 8.67. The summed E-state index contributed by atoms with van der Waals surface area (Å²) in [5.41, 5.74) is 7.65. The van der Waals surface area contributed by atoms with Crippen molar-refractivity contribution in [3.8, 4) is 5.82 Å². The normalized spacial score (nSPS) is 10.8. The van der Waals surface area contributed by atoms with Gasteiger partial charge in [-0.05, 0) is 36.4 Å². The molecule has 0 fully saturated rings. The van der Waals surface area contributed by atoms with Crippen molar-refractivity contribution in [1.29, 1.82) is 0 Å². The lowest BCUT2D eigenvalue weighted by Gasteiger charge is -2.03. The Labute approximate surface area is 93.1 Å². The van der Waals surface area contributed by atoms with E-state index in [4.69, 9.17) is 5.73 Å². The van der Waals surface area contributed by atoms with Gasteiger partial charge >= 0.3 is 0 Å². The Balaban J connectivity index is 2.26. The van der Waals surface area contributed by atoms with Crippen molar-refractivity contribution < 1.29 is 0 Å². The average Bonchev–Trinajstić information content (AvgIpc) is 2.73. The third kappa shape index (κ3) is 1.34. The molecule has 3 heteroatoms. The van der Waals surface area contributed by atoms with Crippen LogP contribution >= 0.6 is 0 Å². The third-order valence-electron chi connectivity index (χ3n) is 2.61. The molecule has 0 spiro atoms. The molecule has 0 amide bonds. The largest absolute Gasteiger partial charge is 0.399 e. The van der Waals surface area contributed by atoms with Gasteiger partial charge in [-0.15, -0.1) is 0 Å². The fourth-order valence-electron chi connectivity index (χ4n) is 1.86. The van der Waals surface area contributed by atoms with Gasteiger partial charge in [0.1, 0.15) is 5.82 Å². The predicted molar refractivity (Wildman–Crippen MR) is 65.5 cm³/mol. The molecule has 3 rings (SSSR count). The first-order valence-corrected chi connectivity index (χ1v) is 5.12. The van der Waals surface area contributed by atoms with Crippen LogP contribution in [0.2, 0.25) is 0 Å². The lowest BCUT2D eigenvalue weighted by Crippen LogP contribution is -1.94. The maximum Gasteiger partial charge on any atom is 0.137 e. The van der Waals surface area contributed by atoms with Crippen LogP contribution in [0.4, 0.5) is 5.69 Å². The highest BCUT2D eigenvalue weighted by molar-refractivity contribution is 5.84. The summed E-state index contributed by atoms with van der Waals surface area (Å²) in [6.45, 7) is 0. The predicted octanol–water partition coefficient (Wildman–Crippen LogP) is 2.61. The second-order valence-corrected chi connectivity index (χ2v) is 3.69. The topological polar surface area (TPSA) is 43.8 Å². The smallest absolute Gasteiger partial charge is 0.137 e. The van der Waals surface area contributed by atoms with E-state index in [-0.39, 0.29) is 0 Å². The quantitative estimate of drug-likeness (QED) is 0.626. The molecule has 1 aromatic carbocycles. The number of fused-ring (bicyclic) bond motifs is 1. The van der Waals surface area contributed by atoms with Crippen molar-refractivity contribution in [2.45, 2.75) is 0 Å². The molecule has 0 saturated carbocycles. The first kappa shape index (κ1) is 8.97. The van der Waals surface area contributed by atoms with Crippen molar-refractivity contribution >= 4 is 16.6 Å². The number of nitrogen functional groups attached to an aromatic ring is 1. The number of pyridine rings is 1. The number of anilines is 1. The SMILES string of the molecule is Nc1ccc2c(ccn2-c2ccccn2)c1. The van der Waals surface area contributed by atoms with Crippen molar-refractivity contribution in [1.82, 2.24) is 9.55 Å². The van der Waals surface area contributed by atoms with E-state index in [0.29, 0.717) is 0 Å². The Bertz CT molecular complexity index is 626. The fourth-order valence-corrected chi connectivity index (χ4v) is 1.86. The Morgan fingerprint density at radius 2 is 2.00 bits per heavy atom. The number of hydrogen-bond acceptors (Lipinski definition) is 2. The monoisotopic (exact) mass is 209 g/mol. The van der Waals surface area contributed by atoms with Crippen molar-refractivity contribution in [3.63, 3.8) is 0 Å². The van der Waals surface area contributed by atoms with Crippen LogP contribution in [0, 0.1) is 0 Å². The summed E-state index contributed by atoms with van der Waals surface area (Å²) in [6.07, 6.45) is 3.80. The summed E-state index contributed by atoms with van der Waals surface area (Å²) in [4.78, 5) is 4.33. The molecule has 0 radical (unpaired) electrons. The van der Waals surface area contributed by atoms with Gasteiger partial charge < -0.3 is 10.3 Å². The van der Waals surface area contributed by atoms with Crippen LogP contribution in [0.1, 0.15) is 0 Å². The van der Waals surface area contributed by atoms with Crippen molar-refractivity contribution in [2.24, 2.45) is 0 Å². The maximum atomic E-state index is 5.75.